The van der Waals surface area contributed by atoms with E-state index in [0.717, 1.165) is 33.3 Å². The van der Waals surface area contributed by atoms with Crippen LogP contribution < -0.4 is 5.56 Å². The highest BCUT2D eigenvalue weighted by Gasteiger charge is 2.25. The molecule has 0 saturated carbocycles. The van der Waals surface area contributed by atoms with Crippen molar-refractivity contribution < 1.29 is 13.2 Å². The number of benzene rings is 2. The maximum absolute atomic E-state index is 14.1. The molecule has 0 radical (unpaired) electrons. The van der Waals surface area contributed by atoms with Crippen molar-refractivity contribution in [2.75, 3.05) is 6.26 Å². The van der Waals surface area contributed by atoms with Crippen molar-refractivity contribution in [3.63, 3.8) is 0 Å². The van der Waals surface area contributed by atoms with E-state index in [1.165, 1.54) is 6.26 Å². The summed E-state index contributed by atoms with van der Waals surface area (Å²) in [5.74, 6) is -0.196. The summed E-state index contributed by atoms with van der Waals surface area (Å²) in [4.78, 5) is 34.8. The molecule has 0 saturated heterocycles. The minimum atomic E-state index is -3.38. The summed E-state index contributed by atoms with van der Waals surface area (Å²) < 4.78 is 24.3. The molecule has 0 aliphatic rings. The van der Waals surface area contributed by atoms with Crippen molar-refractivity contribution in [3.05, 3.63) is 87.0 Å². The number of carbonyl (C=O) groups is 1. The molecule has 2 N–H and O–H groups in total. The number of carbonyl (C=O) groups excluding carboxylic acids is 1. The van der Waals surface area contributed by atoms with Gasteiger partial charge in [-0.1, -0.05) is 12.1 Å². The Hall–Kier alpha value is -3.65. The van der Waals surface area contributed by atoms with Crippen LogP contribution >= 0.6 is 0 Å². The lowest BCUT2D eigenvalue weighted by Crippen LogP contribution is -2.38. The molecule has 1 amide bonds. The second kappa shape index (κ2) is 9.43. The van der Waals surface area contributed by atoms with Crippen molar-refractivity contribution in [3.8, 4) is 11.1 Å². The third-order valence-corrected chi connectivity index (χ3v) is 7.62. The summed E-state index contributed by atoms with van der Waals surface area (Å²) in [6.45, 7) is 9.68. The number of H-pyrrole nitrogens is 2. The Kier molecular flexibility index (Phi) is 6.66. The Morgan fingerprint density at radius 2 is 1.72 bits per heavy atom. The van der Waals surface area contributed by atoms with Gasteiger partial charge in [-0.15, -0.1) is 0 Å². The number of amides is 1. The van der Waals surface area contributed by atoms with Crippen LogP contribution in [0.3, 0.4) is 0 Å². The van der Waals surface area contributed by atoms with Gasteiger partial charge < -0.3 is 14.9 Å². The maximum Gasteiger partial charge on any atom is 0.255 e. The zero-order valence-corrected chi connectivity index (χ0v) is 22.2. The van der Waals surface area contributed by atoms with Crippen LogP contribution in [-0.4, -0.2) is 41.5 Å². The predicted octanol–water partition coefficient (Wildman–Crippen LogP) is 4.90. The molecule has 0 fully saturated rings. The molecule has 2 heterocycles. The van der Waals surface area contributed by atoms with Crippen LogP contribution in [0.5, 0.6) is 0 Å². The van der Waals surface area contributed by atoms with E-state index in [1.54, 1.807) is 23.1 Å². The van der Waals surface area contributed by atoms with Crippen molar-refractivity contribution in [2.24, 2.45) is 0 Å². The zero-order chi connectivity index (χ0) is 26.4. The Labute approximate surface area is 211 Å². The van der Waals surface area contributed by atoms with Crippen molar-refractivity contribution in [2.45, 2.75) is 52.1 Å². The van der Waals surface area contributed by atoms with Gasteiger partial charge in [-0.2, -0.15) is 0 Å². The molecule has 0 bridgehead atoms. The number of nitrogens with zero attached hydrogens (tertiary/aromatic N) is 1. The molecular weight excluding hydrogens is 474 g/mol. The van der Waals surface area contributed by atoms with E-state index in [2.05, 4.69) is 9.97 Å². The summed E-state index contributed by atoms with van der Waals surface area (Å²) >= 11 is 0. The average Bonchev–Trinajstić information content (AvgIpc) is 3.17. The van der Waals surface area contributed by atoms with E-state index in [1.807, 2.05) is 65.1 Å². The number of nitrogens with one attached hydrogen (secondary N) is 2. The number of pyridine rings is 1. The van der Waals surface area contributed by atoms with Crippen molar-refractivity contribution >= 4 is 26.6 Å². The Morgan fingerprint density at radius 1 is 1.00 bits per heavy atom. The molecule has 0 spiro atoms. The molecule has 8 heteroatoms. The summed E-state index contributed by atoms with van der Waals surface area (Å²) in [6, 6.07) is 12.2. The molecule has 0 aliphatic heterocycles. The Balaban J connectivity index is 1.86. The molecule has 36 heavy (non-hydrogen) atoms. The predicted molar refractivity (Wildman–Crippen MR) is 143 cm³/mol. The highest BCUT2D eigenvalue weighted by atomic mass is 32.2. The summed E-state index contributed by atoms with van der Waals surface area (Å²) in [5, 5.41) is 0.809. The third kappa shape index (κ3) is 4.86. The molecule has 2 aromatic heterocycles. The number of sulfone groups is 1. The van der Waals surface area contributed by atoms with E-state index in [-0.39, 0.29) is 28.9 Å². The highest BCUT2D eigenvalue weighted by molar-refractivity contribution is 7.90. The molecule has 2 aromatic carbocycles. The van der Waals surface area contributed by atoms with Crippen LogP contribution in [0.25, 0.3) is 22.0 Å². The molecule has 0 atom stereocenters. The summed E-state index contributed by atoms with van der Waals surface area (Å²) in [7, 11) is -3.38. The fourth-order valence-corrected chi connectivity index (χ4v) is 5.24. The zero-order valence-electron chi connectivity index (χ0n) is 21.4. The van der Waals surface area contributed by atoms with Gasteiger partial charge in [-0.3, -0.25) is 9.59 Å². The molecule has 0 unspecified atom stereocenters. The third-order valence-electron chi connectivity index (χ3n) is 6.51. The van der Waals surface area contributed by atoms with E-state index in [0.29, 0.717) is 16.7 Å². The fourth-order valence-electron chi connectivity index (χ4n) is 4.57. The normalized spacial score (nSPS) is 11.9. The maximum atomic E-state index is 14.1. The summed E-state index contributed by atoms with van der Waals surface area (Å²) in [6.07, 6.45) is 3.03. The number of hydrogen-bond acceptors (Lipinski definition) is 4. The first-order chi connectivity index (χ1) is 16.9. The van der Waals surface area contributed by atoms with Crippen molar-refractivity contribution in [1.82, 2.24) is 14.9 Å². The van der Waals surface area contributed by atoms with Gasteiger partial charge in [0, 0.05) is 46.2 Å². The van der Waals surface area contributed by atoms with Gasteiger partial charge in [0.15, 0.2) is 9.84 Å². The van der Waals surface area contributed by atoms with Gasteiger partial charge in [0.25, 0.3) is 11.5 Å². The van der Waals surface area contributed by atoms with Crippen LogP contribution in [0.2, 0.25) is 0 Å². The van der Waals surface area contributed by atoms with Gasteiger partial charge in [0.2, 0.25) is 0 Å². The standard InChI is InChI=1S/C28H31N3O4S/c1-16(2)31(15-24-17(3)10-19(5)30-27(24)32)28(33)23-12-21(13-25-26(23)18(4)14-29-25)20-8-7-9-22(11-20)36(6,34)35/h7-14,16,29H,15H2,1-6H3,(H,30,32). The van der Waals surface area contributed by atoms with Gasteiger partial charge in [0.05, 0.1) is 11.4 Å². The lowest BCUT2D eigenvalue weighted by Gasteiger charge is -2.28. The van der Waals surface area contributed by atoms with E-state index in [9.17, 15) is 18.0 Å². The molecular formula is C28H31N3O4S. The number of aromatic amines is 2. The number of hydrogen-bond donors (Lipinski definition) is 2. The smallest absolute Gasteiger partial charge is 0.255 e. The SMILES string of the molecule is Cc1cc(C)c(CN(C(=O)c2cc(-c3cccc(S(C)(=O)=O)c3)cc3[nH]cc(C)c23)C(C)C)c(=O)[nH]1. The first kappa shape index (κ1) is 25.4. The molecule has 4 rings (SSSR count). The molecule has 188 valence electrons. The number of aryl methyl sites for hydroxylation is 3. The molecule has 0 aliphatic carbocycles. The van der Waals surface area contributed by atoms with Gasteiger partial charge in [-0.25, -0.2) is 8.42 Å². The fraction of sp³-hybridized carbons (Fsp3) is 0.286. The lowest BCUT2D eigenvalue weighted by molar-refractivity contribution is 0.0691. The highest BCUT2D eigenvalue weighted by Crippen LogP contribution is 2.32. The molecule has 4 aromatic rings. The average molecular weight is 506 g/mol. The second-order valence-electron chi connectivity index (χ2n) is 9.69. The summed E-state index contributed by atoms with van der Waals surface area (Å²) in [5.41, 5.74) is 5.61. The first-order valence-corrected chi connectivity index (χ1v) is 13.7. The van der Waals surface area contributed by atoms with Gasteiger partial charge in [-0.05, 0) is 87.2 Å². The largest absolute Gasteiger partial charge is 0.361 e. The number of rotatable bonds is 6. The number of aromatic nitrogens is 2. The Morgan fingerprint density at radius 3 is 2.36 bits per heavy atom. The number of fused-ring (bicyclic) bond motifs is 1. The van der Waals surface area contributed by atoms with Crippen LogP contribution in [-0.2, 0) is 16.4 Å². The van der Waals surface area contributed by atoms with Gasteiger partial charge in [0.1, 0.15) is 0 Å². The van der Waals surface area contributed by atoms with Crippen LogP contribution in [0.1, 0.15) is 46.6 Å². The quantitative estimate of drug-likeness (QED) is 0.389. The van der Waals surface area contributed by atoms with Crippen molar-refractivity contribution in [1.29, 1.82) is 0 Å². The van der Waals surface area contributed by atoms with E-state index >= 15 is 0 Å². The molecule has 7 nitrogen and oxygen atoms in total. The van der Waals surface area contributed by atoms with E-state index < -0.39 is 9.84 Å². The van der Waals surface area contributed by atoms with Gasteiger partial charge >= 0.3 is 0 Å². The Bertz CT molecular complexity index is 1650. The monoisotopic (exact) mass is 505 g/mol. The van der Waals surface area contributed by atoms with E-state index in [4.69, 9.17) is 0 Å². The first-order valence-electron chi connectivity index (χ1n) is 11.8. The van der Waals surface area contributed by atoms with Crippen LogP contribution in [0, 0.1) is 20.8 Å². The lowest BCUT2D eigenvalue weighted by atomic mass is 9.97. The second-order valence-corrected chi connectivity index (χ2v) is 11.7. The minimum Gasteiger partial charge on any atom is -0.361 e. The minimum absolute atomic E-state index is 0.163. The topological polar surface area (TPSA) is 103 Å². The van der Waals surface area contributed by atoms with Crippen LogP contribution in [0.4, 0.5) is 0 Å². The van der Waals surface area contributed by atoms with Crippen LogP contribution in [0.15, 0.2) is 58.4 Å².